The highest BCUT2D eigenvalue weighted by Gasteiger charge is 2.29. The van der Waals surface area contributed by atoms with Crippen molar-refractivity contribution in [2.75, 3.05) is 7.05 Å². The van der Waals surface area contributed by atoms with Crippen LogP contribution in [0, 0.1) is 0 Å². The number of nitrogens with zero attached hydrogens (tertiary/aromatic N) is 1. The molecule has 0 saturated heterocycles. The van der Waals surface area contributed by atoms with Crippen LogP contribution in [0.15, 0.2) is 12.7 Å². The van der Waals surface area contributed by atoms with Gasteiger partial charge in [-0.05, 0) is 33.2 Å². The SMILES string of the molecule is C=CC(C)N(C)[C@@H]1CCC[C@H]1O. The fraction of sp³-hybridized carbons (Fsp3) is 0.800. The molecule has 0 heterocycles. The van der Waals surface area contributed by atoms with E-state index < -0.39 is 0 Å². The molecule has 0 bridgehead atoms. The van der Waals surface area contributed by atoms with Crippen LogP contribution in [-0.2, 0) is 0 Å². The van der Waals surface area contributed by atoms with Crippen LogP contribution in [0.5, 0.6) is 0 Å². The van der Waals surface area contributed by atoms with Crippen molar-refractivity contribution in [3.8, 4) is 0 Å². The normalized spacial score (nSPS) is 32.3. The van der Waals surface area contributed by atoms with Gasteiger partial charge in [0.25, 0.3) is 0 Å². The number of aliphatic hydroxyl groups is 1. The summed E-state index contributed by atoms with van der Waals surface area (Å²) in [6.07, 6.45) is 5.03. The Morgan fingerprint density at radius 1 is 1.58 bits per heavy atom. The van der Waals surface area contributed by atoms with Gasteiger partial charge in [0.15, 0.2) is 0 Å². The zero-order chi connectivity index (χ0) is 9.14. The molecule has 1 fully saturated rings. The van der Waals surface area contributed by atoms with Crippen LogP contribution in [0.4, 0.5) is 0 Å². The van der Waals surface area contributed by atoms with Gasteiger partial charge in [-0.1, -0.05) is 6.08 Å². The molecule has 12 heavy (non-hydrogen) atoms. The Hall–Kier alpha value is -0.340. The lowest BCUT2D eigenvalue weighted by atomic mass is 10.1. The second-order valence-corrected chi connectivity index (χ2v) is 3.71. The van der Waals surface area contributed by atoms with Gasteiger partial charge in [-0.15, -0.1) is 6.58 Å². The fourth-order valence-corrected chi connectivity index (χ4v) is 1.86. The Morgan fingerprint density at radius 2 is 2.25 bits per heavy atom. The lowest BCUT2D eigenvalue weighted by Gasteiger charge is -2.30. The summed E-state index contributed by atoms with van der Waals surface area (Å²) < 4.78 is 0. The monoisotopic (exact) mass is 169 g/mol. The molecular weight excluding hydrogens is 150 g/mol. The lowest BCUT2D eigenvalue weighted by molar-refractivity contribution is 0.0760. The highest BCUT2D eigenvalue weighted by molar-refractivity contribution is 4.91. The van der Waals surface area contributed by atoms with Crippen molar-refractivity contribution in [2.45, 2.75) is 44.4 Å². The maximum atomic E-state index is 9.63. The minimum absolute atomic E-state index is 0.127. The van der Waals surface area contributed by atoms with E-state index in [0.717, 1.165) is 19.3 Å². The molecule has 1 saturated carbocycles. The van der Waals surface area contributed by atoms with Crippen LogP contribution in [0.25, 0.3) is 0 Å². The Kier molecular flexibility index (Phi) is 3.29. The van der Waals surface area contributed by atoms with Crippen molar-refractivity contribution >= 4 is 0 Å². The summed E-state index contributed by atoms with van der Waals surface area (Å²) in [5, 5.41) is 9.63. The Bertz CT molecular complexity index is 158. The summed E-state index contributed by atoms with van der Waals surface area (Å²) in [5.74, 6) is 0. The van der Waals surface area contributed by atoms with Crippen LogP contribution in [0.2, 0.25) is 0 Å². The summed E-state index contributed by atoms with van der Waals surface area (Å²) >= 11 is 0. The van der Waals surface area contributed by atoms with Gasteiger partial charge in [-0.3, -0.25) is 4.90 Å². The standard InChI is InChI=1S/C10H19NO/c1-4-8(2)11(3)9-6-5-7-10(9)12/h4,8-10,12H,1,5-7H2,2-3H3/t8?,9-,10-/m1/s1. The molecule has 0 spiro atoms. The molecule has 2 heteroatoms. The number of aliphatic hydroxyl groups excluding tert-OH is 1. The minimum Gasteiger partial charge on any atom is -0.391 e. The third-order valence-electron chi connectivity index (χ3n) is 2.95. The second kappa shape index (κ2) is 4.06. The Labute approximate surface area is 74.9 Å². The van der Waals surface area contributed by atoms with Crippen LogP contribution in [0.3, 0.4) is 0 Å². The van der Waals surface area contributed by atoms with Gasteiger partial charge in [0.2, 0.25) is 0 Å². The van der Waals surface area contributed by atoms with Crippen molar-refractivity contribution in [3.05, 3.63) is 12.7 Å². The second-order valence-electron chi connectivity index (χ2n) is 3.71. The van der Waals surface area contributed by atoms with E-state index in [2.05, 4.69) is 25.5 Å². The van der Waals surface area contributed by atoms with Crippen molar-refractivity contribution in [1.82, 2.24) is 4.90 Å². The minimum atomic E-state index is -0.127. The summed E-state index contributed by atoms with van der Waals surface area (Å²) in [6.45, 7) is 5.86. The summed E-state index contributed by atoms with van der Waals surface area (Å²) in [4.78, 5) is 2.21. The molecule has 0 aromatic heterocycles. The number of rotatable bonds is 3. The smallest absolute Gasteiger partial charge is 0.0695 e. The van der Waals surface area contributed by atoms with E-state index >= 15 is 0 Å². The topological polar surface area (TPSA) is 23.5 Å². The quantitative estimate of drug-likeness (QED) is 0.646. The van der Waals surface area contributed by atoms with Gasteiger partial charge in [-0.25, -0.2) is 0 Å². The molecule has 1 unspecified atom stereocenters. The number of hydrogen-bond acceptors (Lipinski definition) is 2. The zero-order valence-corrected chi connectivity index (χ0v) is 8.03. The van der Waals surface area contributed by atoms with Gasteiger partial charge < -0.3 is 5.11 Å². The molecule has 0 aliphatic heterocycles. The van der Waals surface area contributed by atoms with Crippen LogP contribution in [0.1, 0.15) is 26.2 Å². The van der Waals surface area contributed by atoms with Gasteiger partial charge in [0.05, 0.1) is 6.10 Å². The average molecular weight is 169 g/mol. The van der Waals surface area contributed by atoms with E-state index in [4.69, 9.17) is 0 Å². The molecular formula is C10H19NO. The third-order valence-corrected chi connectivity index (χ3v) is 2.95. The van der Waals surface area contributed by atoms with Gasteiger partial charge in [0.1, 0.15) is 0 Å². The Balaban J connectivity index is 2.50. The summed E-state index contributed by atoms with van der Waals surface area (Å²) in [5.41, 5.74) is 0. The van der Waals surface area contributed by atoms with E-state index in [-0.39, 0.29) is 6.10 Å². The molecule has 1 rings (SSSR count). The van der Waals surface area contributed by atoms with Crippen LogP contribution in [-0.4, -0.2) is 35.2 Å². The van der Waals surface area contributed by atoms with E-state index in [1.54, 1.807) is 0 Å². The highest BCUT2D eigenvalue weighted by Crippen LogP contribution is 2.24. The molecule has 1 aliphatic rings. The molecule has 3 atom stereocenters. The van der Waals surface area contributed by atoms with Crippen LogP contribution < -0.4 is 0 Å². The van der Waals surface area contributed by atoms with Crippen molar-refractivity contribution < 1.29 is 5.11 Å². The molecule has 0 aromatic rings. The molecule has 70 valence electrons. The first-order valence-corrected chi connectivity index (χ1v) is 4.69. The van der Waals surface area contributed by atoms with E-state index in [9.17, 15) is 5.11 Å². The van der Waals surface area contributed by atoms with Gasteiger partial charge in [0, 0.05) is 12.1 Å². The van der Waals surface area contributed by atoms with Crippen molar-refractivity contribution in [1.29, 1.82) is 0 Å². The molecule has 1 aliphatic carbocycles. The maximum absolute atomic E-state index is 9.63. The molecule has 1 N–H and O–H groups in total. The van der Waals surface area contributed by atoms with E-state index in [0.29, 0.717) is 12.1 Å². The Morgan fingerprint density at radius 3 is 2.67 bits per heavy atom. The van der Waals surface area contributed by atoms with Gasteiger partial charge in [-0.2, -0.15) is 0 Å². The maximum Gasteiger partial charge on any atom is 0.0695 e. The van der Waals surface area contributed by atoms with Gasteiger partial charge >= 0.3 is 0 Å². The number of hydrogen-bond donors (Lipinski definition) is 1. The largest absolute Gasteiger partial charge is 0.391 e. The highest BCUT2D eigenvalue weighted by atomic mass is 16.3. The van der Waals surface area contributed by atoms with Crippen molar-refractivity contribution in [2.24, 2.45) is 0 Å². The molecule has 0 radical (unpaired) electrons. The zero-order valence-electron chi connectivity index (χ0n) is 8.03. The number of likely N-dealkylation sites (N-methyl/N-ethyl adjacent to an activating group) is 1. The lowest BCUT2D eigenvalue weighted by Crippen LogP contribution is -2.41. The first-order valence-electron chi connectivity index (χ1n) is 4.69. The molecule has 0 amide bonds. The molecule has 2 nitrogen and oxygen atoms in total. The predicted octanol–water partition coefficient (Wildman–Crippen LogP) is 1.41. The predicted molar refractivity (Wildman–Crippen MR) is 51.1 cm³/mol. The molecule has 0 aromatic carbocycles. The van der Waals surface area contributed by atoms with Crippen molar-refractivity contribution in [3.63, 3.8) is 0 Å². The first-order chi connectivity index (χ1) is 5.66. The first kappa shape index (κ1) is 9.75. The average Bonchev–Trinajstić information content (AvgIpc) is 2.48. The van der Waals surface area contributed by atoms with E-state index in [1.807, 2.05) is 6.08 Å². The summed E-state index contributed by atoms with van der Waals surface area (Å²) in [6, 6.07) is 0.709. The summed E-state index contributed by atoms with van der Waals surface area (Å²) in [7, 11) is 2.06. The van der Waals surface area contributed by atoms with Crippen LogP contribution >= 0.6 is 0 Å². The fourth-order valence-electron chi connectivity index (χ4n) is 1.86. The van der Waals surface area contributed by atoms with E-state index in [1.165, 1.54) is 0 Å². The third kappa shape index (κ3) is 1.87.